The van der Waals surface area contributed by atoms with Gasteiger partial charge >= 0.3 is 0 Å². The highest BCUT2D eigenvalue weighted by molar-refractivity contribution is 6.26. The molecule has 1 aromatic rings. The Bertz CT molecular complexity index is 1360. The Morgan fingerprint density at radius 1 is 1.23 bits per heavy atom. The molecule has 3 aliphatic carbocycles. The van der Waals surface area contributed by atoms with Gasteiger partial charge in [0, 0.05) is 30.0 Å². The molecule has 0 saturated carbocycles. The normalized spacial score (nSPS) is 26.7. The second kappa shape index (κ2) is 10.7. The van der Waals surface area contributed by atoms with Crippen LogP contribution in [0.1, 0.15) is 41.3 Å². The summed E-state index contributed by atoms with van der Waals surface area (Å²) in [6.45, 7) is 2.80. The molecule has 216 valence electrons. The van der Waals surface area contributed by atoms with Crippen LogP contribution in [-0.2, 0) is 16.1 Å². The van der Waals surface area contributed by atoms with Crippen molar-refractivity contribution < 1.29 is 34.9 Å². The number of fused-ring (bicyclic) bond motifs is 3. The second-order valence-corrected chi connectivity index (χ2v) is 11.0. The van der Waals surface area contributed by atoms with Crippen LogP contribution < -0.4 is 5.73 Å². The predicted octanol–water partition coefficient (Wildman–Crippen LogP) is 1.26. The molecule has 0 unspecified atom stereocenters. The summed E-state index contributed by atoms with van der Waals surface area (Å²) in [4.78, 5) is 35.1. The molecule has 0 saturated heterocycles. The summed E-state index contributed by atoms with van der Waals surface area (Å²) in [7, 11) is 7.11. The first-order valence-electron chi connectivity index (χ1n) is 13.1. The number of likely N-dealkylation sites (N-methyl/N-ethyl adjacent to an activating group) is 1. The van der Waals surface area contributed by atoms with Crippen LogP contribution in [0.3, 0.4) is 0 Å². The average molecular weight is 556 g/mol. The molecular weight excluding hydrogens is 518 g/mol. The number of nitrogens with one attached hydrogen (secondary N) is 1. The average Bonchev–Trinajstić information content (AvgIpc) is 2.86. The quantitative estimate of drug-likeness (QED) is 0.202. The van der Waals surface area contributed by atoms with Crippen LogP contribution in [0.2, 0.25) is 0 Å². The highest BCUT2D eigenvalue weighted by atomic mass is 16.6. The number of aliphatic hydroxyl groups is 3. The van der Waals surface area contributed by atoms with E-state index in [1.807, 2.05) is 25.9 Å². The summed E-state index contributed by atoms with van der Waals surface area (Å²) < 4.78 is 0. The van der Waals surface area contributed by atoms with Gasteiger partial charge < -0.3 is 41.3 Å². The molecule has 0 radical (unpaired) electrons. The van der Waals surface area contributed by atoms with Crippen molar-refractivity contribution in [1.82, 2.24) is 9.80 Å². The Morgan fingerprint density at radius 3 is 2.48 bits per heavy atom. The fourth-order valence-corrected chi connectivity index (χ4v) is 6.27. The number of carbonyl (C=O) groups excluding carboxylic acids is 2. The third-order valence-corrected chi connectivity index (χ3v) is 8.07. The molecule has 0 heterocycles. The van der Waals surface area contributed by atoms with Crippen molar-refractivity contribution in [3.8, 4) is 5.75 Å². The minimum absolute atomic E-state index is 0.0218. The van der Waals surface area contributed by atoms with E-state index in [0.717, 1.165) is 0 Å². The molecule has 12 nitrogen and oxygen atoms in total. The van der Waals surface area contributed by atoms with E-state index in [1.54, 1.807) is 25.1 Å². The maximum Gasteiger partial charge on any atom is 0.254 e. The lowest BCUT2D eigenvalue weighted by Gasteiger charge is -2.51. The van der Waals surface area contributed by atoms with Gasteiger partial charge in [0.1, 0.15) is 29.4 Å². The molecule has 4 rings (SSSR count). The summed E-state index contributed by atoms with van der Waals surface area (Å²) in [5, 5.41) is 58.0. The monoisotopic (exact) mass is 555 g/mol. The Balaban J connectivity index is 1.91. The Labute approximate surface area is 232 Å². The first-order chi connectivity index (χ1) is 18.8. The molecule has 1 amide bonds. The van der Waals surface area contributed by atoms with E-state index < -0.39 is 58.0 Å². The van der Waals surface area contributed by atoms with Crippen LogP contribution in [0.5, 0.6) is 5.75 Å². The number of ketones is 1. The first kappa shape index (κ1) is 29.2. The maximum atomic E-state index is 14.0. The van der Waals surface area contributed by atoms with Gasteiger partial charge in [0.25, 0.3) is 5.91 Å². The fourth-order valence-electron chi connectivity index (χ4n) is 6.27. The van der Waals surface area contributed by atoms with Crippen LogP contribution in [0, 0.1) is 17.2 Å². The highest BCUT2D eigenvalue weighted by Gasteiger charge is 2.61. The zero-order valence-electron chi connectivity index (χ0n) is 23.4. The lowest BCUT2D eigenvalue weighted by atomic mass is 9.58. The summed E-state index contributed by atoms with van der Waals surface area (Å²) in [5.41, 5.74) is 3.24. The van der Waals surface area contributed by atoms with Crippen molar-refractivity contribution >= 4 is 23.1 Å². The van der Waals surface area contributed by atoms with Gasteiger partial charge in [-0.05, 0) is 71.6 Å². The molecule has 7 N–H and O–H groups in total. The number of hydrogen-bond donors (Lipinski definition) is 6. The summed E-state index contributed by atoms with van der Waals surface area (Å²) in [6, 6.07) is 2.11. The van der Waals surface area contributed by atoms with Crippen LogP contribution in [0.4, 0.5) is 0 Å². The van der Waals surface area contributed by atoms with Gasteiger partial charge in [-0.25, -0.2) is 0 Å². The van der Waals surface area contributed by atoms with Crippen molar-refractivity contribution in [2.24, 2.45) is 22.7 Å². The van der Waals surface area contributed by atoms with Crippen molar-refractivity contribution in [3.05, 3.63) is 51.5 Å². The molecule has 4 atom stereocenters. The number of aromatic hydroxyl groups is 1. The van der Waals surface area contributed by atoms with Crippen LogP contribution in [0.15, 0.2) is 40.0 Å². The van der Waals surface area contributed by atoms with Gasteiger partial charge in [0.2, 0.25) is 0 Å². The zero-order chi connectivity index (χ0) is 29.7. The smallest absolute Gasteiger partial charge is 0.254 e. The molecule has 3 aliphatic rings. The minimum Gasteiger partial charge on any atom is -0.510 e. The predicted molar refractivity (Wildman–Crippen MR) is 148 cm³/mol. The lowest BCUT2D eigenvalue weighted by Crippen LogP contribution is -2.63. The molecule has 0 aliphatic heterocycles. The Morgan fingerprint density at radius 2 is 1.90 bits per heavy atom. The molecule has 1 aromatic carbocycles. The summed E-state index contributed by atoms with van der Waals surface area (Å²) in [5.74, 6) is -4.95. The van der Waals surface area contributed by atoms with Gasteiger partial charge in [0.05, 0.1) is 23.0 Å². The minimum atomic E-state index is -2.45. The maximum absolute atomic E-state index is 14.0. The largest absolute Gasteiger partial charge is 0.510 e. The topological polar surface area (TPSA) is 193 Å². The SMILES string of the molecule is CCO/N=C(/CCN(C)C)c1ccc(O)c2c1C[C@H]1C[C@H]3[C@@H](N(C)C)C(O)=C(C(N)=O)C(=N)[C@@]3(O)C(O)=C1C2=O. The molecule has 40 heavy (non-hydrogen) atoms. The van der Waals surface area contributed by atoms with Crippen LogP contribution >= 0.6 is 0 Å². The molecule has 0 bridgehead atoms. The lowest BCUT2D eigenvalue weighted by molar-refractivity contribution is -0.114. The van der Waals surface area contributed by atoms with Gasteiger partial charge in [-0.2, -0.15) is 0 Å². The number of primary amides is 1. The summed E-state index contributed by atoms with van der Waals surface area (Å²) >= 11 is 0. The standard InChI is InChI=1S/C28H37N5O7/c1-6-40-31-17(9-10-32(2)3)14-7-8-18(34)20-15(14)11-13-12-16-22(33(4)5)24(36)21(27(30)38)25(29)28(16,39)26(37)19(13)23(20)35/h7-8,13,16,22,29,34,36-37,39H,6,9-12H2,1-5H3,(H2,30,38)/b29-25?,31-17-/t13-,16-,22+,28+/m0/s1. The van der Waals surface area contributed by atoms with Crippen LogP contribution in [-0.4, -0.2) is 106 Å². The van der Waals surface area contributed by atoms with E-state index >= 15 is 0 Å². The van der Waals surface area contributed by atoms with Gasteiger partial charge in [0.15, 0.2) is 11.4 Å². The number of carbonyl (C=O) groups is 2. The van der Waals surface area contributed by atoms with Gasteiger partial charge in [-0.15, -0.1) is 0 Å². The van der Waals surface area contributed by atoms with Gasteiger partial charge in [-0.1, -0.05) is 5.16 Å². The number of nitrogens with two attached hydrogens (primary N) is 1. The zero-order valence-corrected chi connectivity index (χ0v) is 23.4. The van der Waals surface area contributed by atoms with E-state index in [4.69, 9.17) is 16.0 Å². The van der Waals surface area contributed by atoms with E-state index in [0.29, 0.717) is 36.4 Å². The van der Waals surface area contributed by atoms with Crippen molar-refractivity contribution in [2.45, 2.75) is 37.8 Å². The van der Waals surface area contributed by atoms with Crippen LogP contribution in [0.25, 0.3) is 0 Å². The number of benzene rings is 1. The third kappa shape index (κ3) is 4.45. The van der Waals surface area contributed by atoms with Gasteiger partial charge in [-0.3, -0.25) is 14.5 Å². The molecule has 12 heteroatoms. The Kier molecular flexibility index (Phi) is 7.81. The van der Waals surface area contributed by atoms with E-state index in [2.05, 4.69) is 5.16 Å². The van der Waals surface area contributed by atoms with E-state index in [9.17, 15) is 30.0 Å². The number of Topliss-reactive ketones (excluding diaryl/α,β-unsaturated/α-hetero) is 1. The van der Waals surface area contributed by atoms with Crippen molar-refractivity contribution in [1.29, 1.82) is 5.41 Å². The Hall–Kier alpha value is -3.74. The first-order valence-corrected chi connectivity index (χ1v) is 13.1. The molecular formula is C28H37N5O7. The second-order valence-electron chi connectivity index (χ2n) is 11.0. The molecule has 0 fully saturated rings. The number of amides is 1. The van der Waals surface area contributed by atoms with Crippen molar-refractivity contribution in [3.63, 3.8) is 0 Å². The number of rotatable bonds is 8. The number of phenols is 1. The number of hydrogen-bond acceptors (Lipinski definition) is 11. The number of allylic oxidation sites excluding steroid dienone is 1. The highest BCUT2D eigenvalue weighted by Crippen LogP contribution is 2.52. The third-order valence-electron chi connectivity index (χ3n) is 8.07. The van der Waals surface area contributed by atoms with Crippen molar-refractivity contribution in [2.75, 3.05) is 41.3 Å². The number of oxime groups is 1. The fraction of sp³-hybridized carbons (Fsp3) is 0.500. The van der Waals surface area contributed by atoms with E-state index in [1.165, 1.54) is 6.07 Å². The number of nitrogens with zero attached hydrogens (tertiary/aromatic N) is 3. The van der Waals surface area contributed by atoms with E-state index in [-0.39, 0.29) is 29.7 Å². The molecule has 0 spiro atoms. The summed E-state index contributed by atoms with van der Waals surface area (Å²) in [6.07, 6.45) is 0.811. The molecule has 0 aromatic heterocycles. The number of phenolic OH excluding ortho intramolecular Hbond substituents is 1. The number of aliphatic hydroxyl groups excluding tert-OH is 2.